The zero-order chi connectivity index (χ0) is 21.1. The minimum absolute atomic E-state index is 0.0586. The first-order valence-corrected chi connectivity index (χ1v) is 10.5. The second kappa shape index (κ2) is 8.81. The molecule has 0 saturated heterocycles. The highest BCUT2D eigenvalue weighted by Gasteiger charge is 2.31. The third-order valence-corrected chi connectivity index (χ3v) is 5.96. The third-order valence-electron chi connectivity index (χ3n) is 5.21. The van der Waals surface area contributed by atoms with Crippen LogP contribution in [0.15, 0.2) is 42.5 Å². The van der Waals surface area contributed by atoms with E-state index in [9.17, 15) is 4.79 Å². The van der Waals surface area contributed by atoms with Crippen LogP contribution in [0.3, 0.4) is 0 Å². The number of aryl methyl sites for hydroxylation is 1. The Morgan fingerprint density at radius 2 is 1.90 bits per heavy atom. The van der Waals surface area contributed by atoms with Crippen LogP contribution in [-0.2, 0) is 11.2 Å². The van der Waals surface area contributed by atoms with Crippen molar-refractivity contribution in [1.29, 1.82) is 0 Å². The Hall–Kier alpha value is -2.97. The summed E-state index contributed by atoms with van der Waals surface area (Å²) >= 11 is 1.37. The van der Waals surface area contributed by atoms with Gasteiger partial charge in [0.15, 0.2) is 11.5 Å². The molecule has 1 atom stereocenters. The number of benzene rings is 2. The van der Waals surface area contributed by atoms with Crippen LogP contribution < -0.4 is 14.8 Å². The molecule has 0 bridgehead atoms. The van der Waals surface area contributed by atoms with Crippen molar-refractivity contribution in [2.45, 2.75) is 19.4 Å². The van der Waals surface area contributed by atoms with Crippen LogP contribution in [0.5, 0.6) is 11.5 Å². The summed E-state index contributed by atoms with van der Waals surface area (Å²) in [5.41, 5.74) is 3.47. The Morgan fingerprint density at radius 1 is 1.17 bits per heavy atom. The number of carbonyl (C=O) groups excluding carboxylic acids is 1. The van der Waals surface area contributed by atoms with Gasteiger partial charge in [0.1, 0.15) is 5.01 Å². The van der Waals surface area contributed by atoms with Gasteiger partial charge in [-0.3, -0.25) is 15.0 Å². The summed E-state index contributed by atoms with van der Waals surface area (Å²) in [6.45, 7) is 2.87. The van der Waals surface area contributed by atoms with Crippen molar-refractivity contribution in [2.24, 2.45) is 0 Å². The number of nitrogens with zero attached hydrogens (tertiary/aromatic N) is 3. The number of amides is 1. The van der Waals surface area contributed by atoms with Crippen molar-refractivity contribution < 1.29 is 14.3 Å². The largest absolute Gasteiger partial charge is 0.493 e. The van der Waals surface area contributed by atoms with Crippen LogP contribution in [0.25, 0.3) is 0 Å². The molecule has 3 aromatic rings. The first-order chi connectivity index (χ1) is 14.6. The van der Waals surface area contributed by atoms with Gasteiger partial charge in [0, 0.05) is 6.54 Å². The van der Waals surface area contributed by atoms with Crippen molar-refractivity contribution in [3.63, 3.8) is 0 Å². The van der Waals surface area contributed by atoms with Gasteiger partial charge in [0.25, 0.3) is 0 Å². The minimum atomic E-state index is -0.101. The van der Waals surface area contributed by atoms with Gasteiger partial charge >= 0.3 is 0 Å². The van der Waals surface area contributed by atoms with E-state index in [1.54, 1.807) is 14.2 Å². The molecule has 2 heterocycles. The van der Waals surface area contributed by atoms with E-state index in [0.29, 0.717) is 10.9 Å². The summed E-state index contributed by atoms with van der Waals surface area (Å²) in [6, 6.07) is 14.2. The monoisotopic (exact) mass is 424 g/mol. The lowest BCUT2D eigenvalue weighted by molar-refractivity contribution is -0.117. The second-order valence-electron chi connectivity index (χ2n) is 7.11. The molecule has 30 heavy (non-hydrogen) atoms. The predicted molar refractivity (Wildman–Crippen MR) is 116 cm³/mol. The second-order valence-corrected chi connectivity index (χ2v) is 8.30. The Kier molecular flexibility index (Phi) is 5.96. The Bertz CT molecular complexity index is 1040. The molecule has 0 fully saturated rings. The number of hydrogen-bond acceptors (Lipinski definition) is 7. The number of fused-ring (bicyclic) bond motifs is 1. The van der Waals surface area contributed by atoms with Gasteiger partial charge in [0.2, 0.25) is 11.0 Å². The fraction of sp³-hybridized carbons (Fsp3) is 0.318. The lowest BCUT2D eigenvalue weighted by Gasteiger charge is -2.37. The summed E-state index contributed by atoms with van der Waals surface area (Å²) in [7, 11) is 3.29. The molecule has 156 valence electrons. The fourth-order valence-corrected chi connectivity index (χ4v) is 4.49. The number of ether oxygens (including phenoxy) is 2. The highest BCUT2D eigenvalue weighted by atomic mass is 32.1. The van der Waals surface area contributed by atoms with Crippen LogP contribution in [0.4, 0.5) is 5.13 Å². The highest BCUT2D eigenvalue weighted by molar-refractivity contribution is 7.15. The van der Waals surface area contributed by atoms with Gasteiger partial charge in [-0.05, 0) is 42.2 Å². The smallest absolute Gasteiger partial charge is 0.240 e. The lowest BCUT2D eigenvalue weighted by Crippen LogP contribution is -2.41. The van der Waals surface area contributed by atoms with Gasteiger partial charge in [-0.15, -0.1) is 10.2 Å². The maximum absolute atomic E-state index is 12.7. The Balaban J connectivity index is 1.66. The van der Waals surface area contributed by atoms with E-state index in [2.05, 4.69) is 32.5 Å². The standard InChI is InChI=1S/C22H24N4O3S/c1-14-24-25-22(30-14)23-20(27)13-26-10-9-16-11-18(28-2)19(29-3)12-17(16)21(26)15-7-5-4-6-8-15/h4-8,11-12,21H,9-10,13H2,1-3H3,(H,23,25,27). The van der Waals surface area contributed by atoms with E-state index in [0.717, 1.165) is 34.8 Å². The molecule has 2 aromatic carbocycles. The van der Waals surface area contributed by atoms with Gasteiger partial charge in [-0.2, -0.15) is 0 Å². The van der Waals surface area contributed by atoms with Gasteiger partial charge in [0.05, 0.1) is 26.8 Å². The summed E-state index contributed by atoms with van der Waals surface area (Å²) in [5.74, 6) is 1.31. The lowest BCUT2D eigenvalue weighted by atomic mass is 9.87. The molecule has 0 aliphatic carbocycles. The highest BCUT2D eigenvalue weighted by Crippen LogP contribution is 2.40. The summed E-state index contributed by atoms with van der Waals surface area (Å²) in [4.78, 5) is 14.9. The molecule has 0 saturated carbocycles. The average Bonchev–Trinajstić information content (AvgIpc) is 3.17. The molecule has 1 aromatic heterocycles. The number of aromatic nitrogens is 2. The van der Waals surface area contributed by atoms with Crippen LogP contribution >= 0.6 is 11.3 Å². The van der Waals surface area contributed by atoms with Crippen LogP contribution in [0.1, 0.15) is 27.7 Å². The number of hydrogen-bond donors (Lipinski definition) is 1. The van der Waals surface area contributed by atoms with E-state index in [4.69, 9.17) is 9.47 Å². The normalized spacial score (nSPS) is 16.0. The van der Waals surface area contributed by atoms with Crippen molar-refractivity contribution in [2.75, 3.05) is 32.6 Å². The molecule has 1 aliphatic rings. The van der Waals surface area contributed by atoms with E-state index in [1.165, 1.54) is 16.9 Å². The molecule has 1 unspecified atom stereocenters. The van der Waals surface area contributed by atoms with Crippen LogP contribution in [0, 0.1) is 6.92 Å². The van der Waals surface area contributed by atoms with E-state index >= 15 is 0 Å². The van der Waals surface area contributed by atoms with Crippen molar-refractivity contribution >= 4 is 22.4 Å². The predicted octanol–water partition coefficient (Wildman–Crippen LogP) is 3.45. The van der Waals surface area contributed by atoms with E-state index < -0.39 is 0 Å². The molecule has 7 nitrogen and oxygen atoms in total. The summed E-state index contributed by atoms with van der Waals surface area (Å²) in [6.07, 6.45) is 0.824. The average molecular weight is 425 g/mol. The minimum Gasteiger partial charge on any atom is -0.493 e. The first-order valence-electron chi connectivity index (χ1n) is 9.72. The quantitative estimate of drug-likeness (QED) is 0.653. The molecule has 4 rings (SSSR count). The molecular formula is C22H24N4O3S. The number of methoxy groups -OCH3 is 2. The SMILES string of the molecule is COc1cc2c(cc1OC)C(c1ccccc1)N(CC(=O)Nc1nnc(C)s1)CC2. The molecular weight excluding hydrogens is 400 g/mol. The molecule has 1 N–H and O–H groups in total. The maximum atomic E-state index is 12.7. The topological polar surface area (TPSA) is 76.6 Å². The number of nitrogens with one attached hydrogen (secondary N) is 1. The van der Waals surface area contributed by atoms with Gasteiger partial charge in [-0.1, -0.05) is 41.7 Å². The molecule has 8 heteroatoms. The Labute approximate surface area is 179 Å². The Morgan fingerprint density at radius 3 is 2.57 bits per heavy atom. The van der Waals surface area contributed by atoms with Crippen molar-refractivity contribution in [3.8, 4) is 11.5 Å². The first kappa shape index (κ1) is 20.3. The van der Waals surface area contributed by atoms with E-state index in [1.807, 2.05) is 37.3 Å². The van der Waals surface area contributed by atoms with Crippen LogP contribution in [0.2, 0.25) is 0 Å². The third kappa shape index (κ3) is 4.15. The zero-order valence-corrected chi connectivity index (χ0v) is 18.0. The number of carbonyl (C=O) groups is 1. The number of anilines is 1. The molecule has 1 amide bonds. The maximum Gasteiger partial charge on any atom is 0.240 e. The van der Waals surface area contributed by atoms with E-state index in [-0.39, 0.29) is 18.5 Å². The number of rotatable bonds is 6. The molecule has 0 spiro atoms. The van der Waals surface area contributed by atoms with Gasteiger partial charge < -0.3 is 9.47 Å². The molecule has 0 radical (unpaired) electrons. The summed E-state index contributed by atoms with van der Waals surface area (Å²) in [5, 5.41) is 12.2. The van der Waals surface area contributed by atoms with Gasteiger partial charge in [-0.25, -0.2) is 0 Å². The summed E-state index contributed by atoms with van der Waals surface area (Å²) < 4.78 is 11.0. The fourth-order valence-electron chi connectivity index (χ4n) is 3.88. The van der Waals surface area contributed by atoms with Crippen molar-refractivity contribution in [1.82, 2.24) is 15.1 Å². The van der Waals surface area contributed by atoms with Crippen molar-refractivity contribution in [3.05, 3.63) is 64.2 Å². The molecule has 1 aliphatic heterocycles. The van der Waals surface area contributed by atoms with Crippen LogP contribution in [-0.4, -0.2) is 48.3 Å². The zero-order valence-electron chi connectivity index (χ0n) is 17.2.